The van der Waals surface area contributed by atoms with Crippen molar-refractivity contribution in [3.8, 4) is 0 Å². The van der Waals surface area contributed by atoms with Crippen molar-refractivity contribution in [3.63, 3.8) is 0 Å². The molecular weight excluding hydrogens is 284 g/mol. The summed E-state index contributed by atoms with van der Waals surface area (Å²) in [5.74, 6) is 0.720. The summed E-state index contributed by atoms with van der Waals surface area (Å²) in [7, 11) is 0. The molecule has 1 fully saturated rings. The molecule has 1 unspecified atom stereocenters. The standard InChI is InChI=1S/C16H20N2O2S/c1-10(21-2)8-9-18-14-12(16(19)20)4-3-5-13(14)17-15(18)11-6-7-11/h3-5,10-11H,6-9H2,1-2H3,(H,19,20). The van der Waals surface area contributed by atoms with E-state index < -0.39 is 5.97 Å². The molecule has 1 heterocycles. The lowest BCUT2D eigenvalue weighted by Gasteiger charge is -2.13. The Bertz CT molecular complexity index is 676. The molecule has 0 aliphatic heterocycles. The fraction of sp³-hybridized carbons (Fsp3) is 0.500. The van der Waals surface area contributed by atoms with Crippen molar-refractivity contribution in [3.05, 3.63) is 29.6 Å². The number of carbonyl (C=O) groups is 1. The quantitative estimate of drug-likeness (QED) is 0.883. The van der Waals surface area contributed by atoms with Crippen LogP contribution in [0.1, 0.15) is 48.3 Å². The van der Waals surface area contributed by atoms with Crippen molar-refractivity contribution in [2.24, 2.45) is 0 Å². The molecule has 2 aromatic rings. The maximum absolute atomic E-state index is 11.5. The summed E-state index contributed by atoms with van der Waals surface area (Å²) in [5, 5.41) is 10.0. The number of para-hydroxylation sites is 1. The second-order valence-electron chi connectivity index (χ2n) is 5.71. The van der Waals surface area contributed by atoms with E-state index in [0.717, 1.165) is 29.8 Å². The molecule has 1 saturated carbocycles. The summed E-state index contributed by atoms with van der Waals surface area (Å²) in [6.45, 7) is 3.05. The van der Waals surface area contributed by atoms with Gasteiger partial charge in [0.15, 0.2) is 0 Å². The molecule has 1 atom stereocenters. The fourth-order valence-electron chi connectivity index (χ4n) is 2.68. The van der Waals surface area contributed by atoms with Crippen molar-refractivity contribution < 1.29 is 9.90 Å². The highest BCUT2D eigenvalue weighted by atomic mass is 32.2. The second-order valence-corrected chi connectivity index (χ2v) is 6.99. The lowest BCUT2D eigenvalue weighted by molar-refractivity contribution is 0.0698. The molecule has 0 spiro atoms. The van der Waals surface area contributed by atoms with E-state index in [9.17, 15) is 9.90 Å². The molecule has 0 radical (unpaired) electrons. The van der Waals surface area contributed by atoms with Crippen molar-refractivity contribution in [1.82, 2.24) is 9.55 Å². The van der Waals surface area contributed by atoms with Crippen LogP contribution in [0.2, 0.25) is 0 Å². The molecule has 0 bridgehead atoms. The zero-order valence-electron chi connectivity index (χ0n) is 12.4. The minimum absolute atomic E-state index is 0.365. The normalized spacial score (nSPS) is 16.3. The number of nitrogens with zero attached hydrogens (tertiary/aromatic N) is 2. The molecule has 0 saturated heterocycles. The largest absolute Gasteiger partial charge is 0.478 e. The number of rotatable bonds is 6. The van der Waals surface area contributed by atoms with Gasteiger partial charge in [-0.2, -0.15) is 11.8 Å². The van der Waals surface area contributed by atoms with Crippen LogP contribution in [0.15, 0.2) is 18.2 Å². The van der Waals surface area contributed by atoms with Crippen LogP contribution in [0.4, 0.5) is 0 Å². The number of aromatic nitrogens is 2. The van der Waals surface area contributed by atoms with E-state index in [-0.39, 0.29) is 0 Å². The molecule has 21 heavy (non-hydrogen) atoms. The molecular formula is C16H20N2O2S. The predicted molar refractivity (Wildman–Crippen MR) is 86.3 cm³/mol. The Morgan fingerprint density at radius 2 is 2.29 bits per heavy atom. The van der Waals surface area contributed by atoms with Gasteiger partial charge in [-0.05, 0) is 37.7 Å². The van der Waals surface area contributed by atoms with Crippen LogP contribution >= 0.6 is 11.8 Å². The van der Waals surface area contributed by atoms with Crippen molar-refractivity contribution >= 4 is 28.8 Å². The molecule has 1 aromatic heterocycles. The number of imidazole rings is 1. The zero-order valence-corrected chi connectivity index (χ0v) is 13.2. The van der Waals surface area contributed by atoms with Crippen LogP contribution < -0.4 is 0 Å². The lowest BCUT2D eigenvalue weighted by atomic mass is 10.2. The summed E-state index contributed by atoms with van der Waals surface area (Å²) in [6.07, 6.45) is 5.48. The first-order valence-corrected chi connectivity index (χ1v) is 8.66. The van der Waals surface area contributed by atoms with Crippen LogP contribution in [0.5, 0.6) is 0 Å². The molecule has 5 heteroatoms. The number of hydrogen-bond acceptors (Lipinski definition) is 3. The van der Waals surface area contributed by atoms with Gasteiger partial charge in [-0.3, -0.25) is 0 Å². The zero-order chi connectivity index (χ0) is 15.0. The molecule has 4 nitrogen and oxygen atoms in total. The Morgan fingerprint density at radius 1 is 1.52 bits per heavy atom. The highest BCUT2D eigenvalue weighted by molar-refractivity contribution is 7.99. The maximum atomic E-state index is 11.5. The summed E-state index contributed by atoms with van der Waals surface area (Å²) < 4.78 is 2.16. The van der Waals surface area contributed by atoms with Gasteiger partial charge in [0, 0.05) is 17.7 Å². The van der Waals surface area contributed by atoms with E-state index in [1.54, 1.807) is 12.1 Å². The molecule has 112 valence electrons. The van der Waals surface area contributed by atoms with Gasteiger partial charge in [0.2, 0.25) is 0 Å². The number of carboxylic acid groups (broad SMARTS) is 1. The average Bonchev–Trinajstić information content (AvgIpc) is 3.25. The van der Waals surface area contributed by atoms with Crippen molar-refractivity contribution in [2.45, 2.75) is 43.9 Å². The third-order valence-corrected chi connectivity index (χ3v) is 5.17. The van der Waals surface area contributed by atoms with E-state index in [0.29, 0.717) is 16.7 Å². The van der Waals surface area contributed by atoms with Crippen molar-refractivity contribution in [2.75, 3.05) is 6.26 Å². The van der Waals surface area contributed by atoms with E-state index in [4.69, 9.17) is 4.98 Å². The van der Waals surface area contributed by atoms with Gasteiger partial charge < -0.3 is 9.67 Å². The first kappa shape index (κ1) is 14.4. The number of carboxylic acids is 1. The first-order valence-electron chi connectivity index (χ1n) is 7.37. The van der Waals surface area contributed by atoms with Crippen LogP contribution in [0, 0.1) is 0 Å². The van der Waals surface area contributed by atoms with Gasteiger partial charge in [0.05, 0.1) is 16.6 Å². The number of thioether (sulfide) groups is 1. The fourth-order valence-corrected chi connectivity index (χ4v) is 3.03. The molecule has 1 aromatic carbocycles. The van der Waals surface area contributed by atoms with Crippen molar-refractivity contribution in [1.29, 1.82) is 0 Å². The Morgan fingerprint density at radius 3 is 2.90 bits per heavy atom. The SMILES string of the molecule is CSC(C)CCn1c(C2CC2)nc2cccc(C(=O)O)c21. The number of fused-ring (bicyclic) bond motifs is 1. The predicted octanol–water partition coefficient (Wildman–Crippen LogP) is 3.75. The summed E-state index contributed by atoms with van der Waals surface area (Å²) >= 11 is 1.84. The van der Waals surface area contributed by atoms with E-state index in [1.165, 1.54) is 12.8 Å². The molecule has 3 rings (SSSR count). The van der Waals surface area contributed by atoms with Gasteiger partial charge in [0.1, 0.15) is 5.82 Å². The third-order valence-electron chi connectivity index (χ3n) is 4.13. The van der Waals surface area contributed by atoms with Crippen LogP contribution in [-0.2, 0) is 6.54 Å². The molecule has 0 amide bonds. The van der Waals surface area contributed by atoms with Crippen LogP contribution in [-0.4, -0.2) is 32.1 Å². The lowest BCUT2D eigenvalue weighted by Crippen LogP contribution is -2.10. The van der Waals surface area contributed by atoms with Gasteiger partial charge >= 0.3 is 5.97 Å². The van der Waals surface area contributed by atoms with Crippen LogP contribution in [0.25, 0.3) is 11.0 Å². The maximum Gasteiger partial charge on any atom is 0.337 e. The van der Waals surface area contributed by atoms with Gasteiger partial charge in [-0.25, -0.2) is 9.78 Å². The minimum atomic E-state index is -0.873. The van der Waals surface area contributed by atoms with E-state index in [2.05, 4.69) is 17.7 Å². The van der Waals surface area contributed by atoms with Gasteiger partial charge in [-0.15, -0.1) is 0 Å². The van der Waals surface area contributed by atoms with E-state index >= 15 is 0 Å². The van der Waals surface area contributed by atoms with E-state index in [1.807, 2.05) is 17.8 Å². The highest BCUT2D eigenvalue weighted by Crippen LogP contribution is 2.41. The number of aryl methyl sites for hydroxylation is 1. The highest BCUT2D eigenvalue weighted by Gasteiger charge is 2.30. The minimum Gasteiger partial charge on any atom is -0.478 e. The first-order chi connectivity index (χ1) is 10.1. The second kappa shape index (κ2) is 5.72. The van der Waals surface area contributed by atoms with Gasteiger partial charge in [-0.1, -0.05) is 13.0 Å². The summed E-state index contributed by atoms with van der Waals surface area (Å²) in [5.41, 5.74) is 1.97. The number of hydrogen-bond donors (Lipinski definition) is 1. The number of aromatic carboxylic acids is 1. The Labute approximate surface area is 128 Å². The third kappa shape index (κ3) is 2.79. The number of benzene rings is 1. The molecule has 1 aliphatic rings. The topological polar surface area (TPSA) is 55.1 Å². The summed E-state index contributed by atoms with van der Waals surface area (Å²) in [6, 6.07) is 5.38. The molecule has 1 N–H and O–H groups in total. The van der Waals surface area contributed by atoms with Gasteiger partial charge in [0.25, 0.3) is 0 Å². The monoisotopic (exact) mass is 304 g/mol. The van der Waals surface area contributed by atoms with Crippen LogP contribution in [0.3, 0.4) is 0 Å². The average molecular weight is 304 g/mol. The Balaban J connectivity index is 2.08. The Hall–Kier alpha value is -1.49. The summed E-state index contributed by atoms with van der Waals surface area (Å²) in [4.78, 5) is 16.2. The molecule has 1 aliphatic carbocycles. The smallest absolute Gasteiger partial charge is 0.337 e. The Kier molecular flexibility index (Phi) is 3.93.